The second-order valence-electron chi connectivity index (χ2n) is 8.48. The van der Waals surface area contributed by atoms with Crippen LogP contribution in [-0.2, 0) is 17.5 Å². The number of ether oxygens (including phenoxy) is 1. The first-order chi connectivity index (χ1) is 16.3. The normalized spacial score (nSPS) is 16.8. The highest BCUT2D eigenvalue weighted by Gasteiger charge is 2.39. The van der Waals surface area contributed by atoms with Crippen molar-refractivity contribution in [3.8, 4) is 5.75 Å². The molecule has 1 aromatic heterocycles. The van der Waals surface area contributed by atoms with E-state index in [0.717, 1.165) is 10.4 Å². The van der Waals surface area contributed by atoms with Gasteiger partial charge in [-0.05, 0) is 38.7 Å². The van der Waals surface area contributed by atoms with Crippen LogP contribution in [0, 0.1) is 12.8 Å². The van der Waals surface area contributed by atoms with E-state index in [1.165, 1.54) is 21.0 Å². The summed E-state index contributed by atoms with van der Waals surface area (Å²) in [4.78, 5) is 14.3. The first-order valence-electron chi connectivity index (χ1n) is 10.9. The number of nitrogens with one attached hydrogen (secondary N) is 1. The molecule has 3 rings (SSSR count). The van der Waals surface area contributed by atoms with E-state index in [9.17, 15) is 23.1 Å². The fraction of sp³-hybridized carbons (Fsp3) is 0.545. The number of methoxy groups -OCH3 is 1. The van der Waals surface area contributed by atoms with Crippen molar-refractivity contribution < 1.29 is 27.8 Å². The Morgan fingerprint density at radius 3 is 2.40 bits per heavy atom. The smallest absolute Gasteiger partial charge is 0.436 e. The average molecular weight is 558 g/mol. The van der Waals surface area contributed by atoms with Gasteiger partial charge >= 0.3 is 6.18 Å². The molecule has 194 valence electrons. The first-order valence-corrected chi connectivity index (χ1v) is 12.0. The van der Waals surface area contributed by atoms with Crippen LogP contribution in [0.15, 0.2) is 12.1 Å². The number of aliphatic hydroxyl groups excluding tert-OH is 1. The molecule has 1 aliphatic rings. The highest BCUT2D eigenvalue weighted by Crippen LogP contribution is 2.39. The van der Waals surface area contributed by atoms with E-state index < -0.39 is 34.9 Å². The molecular weight excluding hydrogens is 532 g/mol. The summed E-state index contributed by atoms with van der Waals surface area (Å²) in [6, 6.07) is 2.79. The Kier molecular flexibility index (Phi) is 8.73. The van der Waals surface area contributed by atoms with Crippen molar-refractivity contribution in [1.82, 2.24) is 15.1 Å². The zero-order chi connectivity index (χ0) is 26.1. The molecule has 35 heavy (non-hydrogen) atoms. The minimum atomic E-state index is -4.70. The van der Waals surface area contributed by atoms with Crippen LogP contribution in [0.4, 0.5) is 18.9 Å². The summed E-state index contributed by atoms with van der Waals surface area (Å²) < 4.78 is 46.2. The molecule has 2 aromatic rings. The largest absolute Gasteiger partial charge is 0.495 e. The summed E-state index contributed by atoms with van der Waals surface area (Å²) in [6.45, 7) is 3.88. The molecule has 1 saturated heterocycles. The second kappa shape index (κ2) is 11.0. The van der Waals surface area contributed by atoms with E-state index in [0.29, 0.717) is 41.7 Å². The van der Waals surface area contributed by atoms with Crippen LogP contribution < -0.4 is 15.0 Å². The maximum absolute atomic E-state index is 13.3. The molecule has 13 heteroatoms. The van der Waals surface area contributed by atoms with Crippen molar-refractivity contribution in [2.75, 3.05) is 25.1 Å². The standard InChI is InChI=1S/C22H26Cl3F3N4O3/c1-11-19(25)20(22(26,27)28)30-32(11)10-16(29-21(34)12(2)33)13-4-6-31(7-5-13)17-9-18(35-3)15(24)8-14(17)23/h8-9,12-13,16,33H,4-7,10H2,1-3H3,(H,29,34)/t12-,16?/m0/s1. The number of anilines is 1. The number of carbonyl (C=O) groups is 1. The molecular formula is C22H26Cl3F3N4O3. The van der Waals surface area contributed by atoms with E-state index in [4.69, 9.17) is 39.5 Å². The van der Waals surface area contributed by atoms with Gasteiger partial charge in [-0.15, -0.1) is 0 Å². The molecule has 0 radical (unpaired) electrons. The number of rotatable bonds is 7. The third-order valence-electron chi connectivity index (χ3n) is 6.15. The predicted octanol–water partition coefficient (Wildman–Crippen LogP) is 4.96. The van der Waals surface area contributed by atoms with Gasteiger partial charge < -0.3 is 20.1 Å². The molecule has 2 heterocycles. The number of aromatic nitrogens is 2. The van der Waals surface area contributed by atoms with E-state index in [-0.39, 0.29) is 18.2 Å². The number of benzene rings is 1. The number of hydrogen-bond donors (Lipinski definition) is 2. The number of hydrogen-bond acceptors (Lipinski definition) is 5. The fourth-order valence-electron chi connectivity index (χ4n) is 4.15. The summed E-state index contributed by atoms with van der Waals surface area (Å²) in [5.74, 6) is -0.227. The minimum absolute atomic E-state index is 0.0275. The van der Waals surface area contributed by atoms with Gasteiger partial charge in [-0.2, -0.15) is 18.3 Å². The molecule has 1 amide bonds. The summed E-state index contributed by atoms with van der Waals surface area (Å²) in [5.41, 5.74) is -0.272. The molecule has 0 aliphatic carbocycles. The molecule has 7 nitrogen and oxygen atoms in total. The molecule has 2 N–H and O–H groups in total. The average Bonchev–Trinajstić information content (AvgIpc) is 3.07. The van der Waals surface area contributed by atoms with Gasteiger partial charge in [0.1, 0.15) is 11.9 Å². The number of aliphatic hydroxyl groups is 1. The Morgan fingerprint density at radius 1 is 1.26 bits per heavy atom. The SMILES string of the molecule is COc1cc(N2CCC(C(Cn3nc(C(F)(F)F)c(Cl)c3C)NC(=O)[C@H](C)O)CC2)c(Cl)cc1Cl. The number of nitrogens with zero attached hydrogens (tertiary/aromatic N) is 3. The molecule has 1 fully saturated rings. The molecule has 2 atom stereocenters. The lowest BCUT2D eigenvalue weighted by molar-refractivity contribution is -0.141. The molecule has 0 saturated carbocycles. The van der Waals surface area contributed by atoms with Gasteiger partial charge in [-0.25, -0.2) is 0 Å². The fourth-order valence-corrected chi connectivity index (χ4v) is 4.97. The number of alkyl halides is 3. The van der Waals surface area contributed by atoms with Crippen molar-refractivity contribution in [3.63, 3.8) is 0 Å². The zero-order valence-corrected chi connectivity index (χ0v) is 21.6. The third-order valence-corrected chi connectivity index (χ3v) is 7.20. The predicted molar refractivity (Wildman–Crippen MR) is 129 cm³/mol. The van der Waals surface area contributed by atoms with Gasteiger partial charge in [0.15, 0.2) is 5.69 Å². The number of piperidine rings is 1. The Hall–Kier alpha value is -1.88. The second-order valence-corrected chi connectivity index (χ2v) is 9.67. The third kappa shape index (κ3) is 6.28. The number of amides is 1. The Balaban J connectivity index is 1.81. The number of halogens is 6. The quantitative estimate of drug-likeness (QED) is 0.503. The van der Waals surface area contributed by atoms with Gasteiger partial charge in [0.05, 0.1) is 46.1 Å². The van der Waals surface area contributed by atoms with E-state index in [1.807, 2.05) is 0 Å². The van der Waals surface area contributed by atoms with Crippen molar-refractivity contribution >= 4 is 46.4 Å². The van der Waals surface area contributed by atoms with Crippen LogP contribution in [0.25, 0.3) is 0 Å². The Labute approximate surface area is 216 Å². The zero-order valence-electron chi connectivity index (χ0n) is 19.3. The lowest BCUT2D eigenvalue weighted by atomic mass is 9.88. The van der Waals surface area contributed by atoms with E-state index in [1.54, 1.807) is 12.1 Å². The van der Waals surface area contributed by atoms with Crippen molar-refractivity contribution in [1.29, 1.82) is 0 Å². The van der Waals surface area contributed by atoms with Gasteiger partial charge in [0, 0.05) is 19.2 Å². The van der Waals surface area contributed by atoms with Crippen molar-refractivity contribution in [2.24, 2.45) is 5.92 Å². The van der Waals surface area contributed by atoms with Crippen LogP contribution in [0.2, 0.25) is 15.1 Å². The maximum atomic E-state index is 13.3. The molecule has 0 bridgehead atoms. The van der Waals surface area contributed by atoms with E-state index >= 15 is 0 Å². The van der Waals surface area contributed by atoms with Crippen LogP contribution in [0.3, 0.4) is 0 Å². The van der Waals surface area contributed by atoms with Crippen LogP contribution >= 0.6 is 34.8 Å². The lowest BCUT2D eigenvalue weighted by Crippen LogP contribution is -2.50. The highest BCUT2D eigenvalue weighted by molar-refractivity contribution is 6.37. The van der Waals surface area contributed by atoms with E-state index in [2.05, 4.69) is 15.3 Å². The Morgan fingerprint density at radius 2 is 1.89 bits per heavy atom. The van der Waals surface area contributed by atoms with Crippen LogP contribution in [-0.4, -0.2) is 53.1 Å². The van der Waals surface area contributed by atoms with Gasteiger partial charge in [-0.1, -0.05) is 34.8 Å². The maximum Gasteiger partial charge on any atom is 0.436 e. The lowest BCUT2D eigenvalue weighted by Gasteiger charge is -2.38. The van der Waals surface area contributed by atoms with Crippen molar-refractivity contribution in [2.45, 2.75) is 51.6 Å². The Bertz CT molecular complexity index is 1070. The summed E-state index contributed by atoms with van der Waals surface area (Å²) in [6.07, 6.45) is -4.76. The molecule has 1 aliphatic heterocycles. The highest BCUT2D eigenvalue weighted by atomic mass is 35.5. The molecule has 0 spiro atoms. The van der Waals surface area contributed by atoms with Crippen molar-refractivity contribution in [3.05, 3.63) is 38.6 Å². The van der Waals surface area contributed by atoms with Gasteiger partial charge in [0.2, 0.25) is 5.91 Å². The first kappa shape index (κ1) is 27.7. The van der Waals surface area contributed by atoms with Crippen LogP contribution in [0.1, 0.15) is 31.2 Å². The van der Waals surface area contributed by atoms with Gasteiger partial charge in [0.25, 0.3) is 0 Å². The minimum Gasteiger partial charge on any atom is -0.495 e. The summed E-state index contributed by atoms with van der Waals surface area (Å²) in [7, 11) is 1.51. The molecule has 1 aromatic carbocycles. The monoisotopic (exact) mass is 556 g/mol. The number of carbonyl (C=O) groups excluding carboxylic acids is 1. The van der Waals surface area contributed by atoms with Gasteiger partial charge in [-0.3, -0.25) is 9.48 Å². The summed E-state index contributed by atoms with van der Waals surface area (Å²) >= 11 is 18.4. The topological polar surface area (TPSA) is 79.6 Å². The molecule has 1 unspecified atom stereocenters. The van der Waals surface area contributed by atoms with Crippen LogP contribution in [0.5, 0.6) is 5.75 Å². The summed E-state index contributed by atoms with van der Waals surface area (Å²) in [5, 5.41) is 16.5.